The highest BCUT2D eigenvalue weighted by atomic mass is 32.2. The molecule has 138 valence electrons. The van der Waals surface area contributed by atoms with Gasteiger partial charge in [-0.3, -0.25) is 4.68 Å². The van der Waals surface area contributed by atoms with Gasteiger partial charge in [-0.1, -0.05) is 18.2 Å². The Morgan fingerprint density at radius 3 is 2.73 bits per heavy atom. The van der Waals surface area contributed by atoms with Crippen LogP contribution in [0.2, 0.25) is 0 Å². The van der Waals surface area contributed by atoms with Gasteiger partial charge < -0.3 is 4.74 Å². The van der Waals surface area contributed by atoms with Crippen molar-refractivity contribution < 1.29 is 13.2 Å². The minimum atomic E-state index is -3.71. The maximum atomic E-state index is 12.9. The number of benzene rings is 1. The Labute approximate surface area is 157 Å². The van der Waals surface area contributed by atoms with Crippen LogP contribution in [-0.4, -0.2) is 25.3 Å². The highest BCUT2D eigenvalue weighted by Crippen LogP contribution is 2.30. The van der Waals surface area contributed by atoms with Gasteiger partial charge in [-0.15, -0.1) is 11.3 Å². The molecule has 0 atom stereocenters. The summed E-state index contributed by atoms with van der Waals surface area (Å²) in [6.07, 6.45) is 1.59. The van der Waals surface area contributed by atoms with Crippen molar-refractivity contribution in [2.24, 2.45) is 0 Å². The average Bonchev–Trinajstić information content (AvgIpc) is 3.29. The molecule has 0 saturated heterocycles. The number of methoxy groups -OCH3 is 1. The van der Waals surface area contributed by atoms with Crippen molar-refractivity contribution in [3.63, 3.8) is 0 Å². The van der Waals surface area contributed by atoms with Gasteiger partial charge in [0.05, 0.1) is 12.0 Å². The lowest BCUT2D eigenvalue weighted by molar-refractivity contribution is 0.414. The van der Waals surface area contributed by atoms with E-state index in [0.29, 0.717) is 11.4 Å². The van der Waals surface area contributed by atoms with Gasteiger partial charge in [0.15, 0.2) is 0 Å². The smallest absolute Gasteiger partial charge is 0.244 e. The van der Waals surface area contributed by atoms with Gasteiger partial charge in [0.1, 0.15) is 16.3 Å². The third-order valence-electron chi connectivity index (χ3n) is 3.87. The Bertz CT molecular complexity index is 977. The van der Waals surface area contributed by atoms with Crippen LogP contribution < -0.4 is 9.46 Å². The summed E-state index contributed by atoms with van der Waals surface area (Å²) in [5, 5.41) is 6.40. The first-order chi connectivity index (χ1) is 12.4. The number of nitrogens with zero attached hydrogens (tertiary/aromatic N) is 2. The molecule has 3 rings (SSSR count). The van der Waals surface area contributed by atoms with E-state index in [0.717, 1.165) is 10.4 Å². The summed E-state index contributed by atoms with van der Waals surface area (Å²) in [5.41, 5.74) is 1.30. The second kappa shape index (κ2) is 7.61. The van der Waals surface area contributed by atoms with Crippen molar-refractivity contribution in [1.82, 2.24) is 14.5 Å². The van der Waals surface area contributed by atoms with Gasteiger partial charge in [-0.2, -0.15) is 5.10 Å². The van der Waals surface area contributed by atoms with Crippen LogP contribution in [0.5, 0.6) is 5.75 Å². The maximum absolute atomic E-state index is 12.9. The van der Waals surface area contributed by atoms with E-state index < -0.39 is 10.0 Å². The van der Waals surface area contributed by atoms with E-state index >= 15 is 0 Å². The molecule has 0 amide bonds. The standard InChI is InChI=1S/C18H21N3O3S2/c1-13(2)21-12-17(18(20-21)16-8-5-9-25-16)26(22,23)19-11-14-6-4-7-15(10-14)24-3/h4-10,12-13,19H,11H2,1-3H3. The molecule has 0 aliphatic carbocycles. The normalized spacial score (nSPS) is 11.8. The topological polar surface area (TPSA) is 73.2 Å². The minimum absolute atomic E-state index is 0.0658. The molecule has 2 heterocycles. The van der Waals surface area contributed by atoms with Crippen LogP contribution in [0.1, 0.15) is 25.5 Å². The monoisotopic (exact) mass is 391 g/mol. The van der Waals surface area contributed by atoms with Crippen LogP contribution in [-0.2, 0) is 16.6 Å². The molecule has 1 aromatic carbocycles. The largest absolute Gasteiger partial charge is 0.497 e. The third kappa shape index (κ3) is 3.98. The van der Waals surface area contributed by atoms with Crippen molar-refractivity contribution >= 4 is 21.4 Å². The SMILES string of the molecule is COc1cccc(CNS(=O)(=O)c2cn(C(C)C)nc2-c2cccs2)c1. The Balaban J connectivity index is 1.91. The summed E-state index contributed by atoms with van der Waals surface area (Å²) >= 11 is 1.47. The highest BCUT2D eigenvalue weighted by Gasteiger charge is 2.24. The number of sulfonamides is 1. The number of thiophene rings is 1. The predicted octanol–water partition coefficient (Wildman–Crippen LogP) is 3.68. The molecule has 0 unspecified atom stereocenters. The number of ether oxygens (including phenoxy) is 1. The second-order valence-electron chi connectivity index (χ2n) is 6.07. The molecule has 0 bridgehead atoms. The average molecular weight is 392 g/mol. The van der Waals surface area contributed by atoms with Crippen LogP contribution in [0.4, 0.5) is 0 Å². The van der Waals surface area contributed by atoms with Crippen molar-refractivity contribution in [1.29, 1.82) is 0 Å². The fourth-order valence-corrected chi connectivity index (χ4v) is 4.41. The van der Waals surface area contributed by atoms with Crippen LogP contribution in [0.15, 0.2) is 52.9 Å². The number of hydrogen-bond acceptors (Lipinski definition) is 5. The lowest BCUT2D eigenvalue weighted by Gasteiger charge is -2.08. The Hall–Kier alpha value is -2.16. The molecular formula is C18H21N3O3S2. The molecule has 0 radical (unpaired) electrons. The molecule has 0 fully saturated rings. The zero-order valence-corrected chi connectivity index (χ0v) is 16.5. The predicted molar refractivity (Wildman–Crippen MR) is 103 cm³/mol. The van der Waals surface area contributed by atoms with Crippen LogP contribution >= 0.6 is 11.3 Å². The number of aromatic nitrogens is 2. The molecule has 0 saturated carbocycles. The summed E-state index contributed by atoms with van der Waals surface area (Å²) in [6.45, 7) is 4.10. The van der Waals surface area contributed by atoms with Gasteiger partial charge in [0, 0.05) is 18.8 Å². The molecule has 8 heteroatoms. The van der Waals surface area contributed by atoms with Gasteiger partial charge in [0.2, 0.25) is 10.0 Å². The van der Waals surface area contributed by atoms with E-state index in [1.54, 1.807) is 24.1 Å². The summed E-state index contributed by atoms with van der Waals surface area (Å²) in [6, 6.07) is 11.1. The van der Waals surface area contributed by atoms with Crippen molar-refractivity contribution in [2.75, 3.05) is 7.11 Å². The van der Waals surface area contributed by atoms with Gasteiger partial charge in [-0.25, -0.2) is 13.1 Å². The molecule has 0 aliphatic heterocycles. The van der Waals surface area contributed by atoms with Gasteiger partial charge in [0.25, 0.3) is 0 Å². The molecule has 0 spiro atoms. The lowest BCUT2D eigenvalue weighted by atomic mass is 10.2. The van der Waals surface area contributed by atoms with Crippen molar-refractivity contribution in [3.8, 4) is 16.3 Å². The lowest BCUT2D eigenvalue weighted by Crippen LogP contribution is -2.23. The van der Waals surface area contributed by atoms with E-state index in [2.05, 4.69) is 9.82 Å². The summed E-state index contributed by atoms with van der Waals surface area (Å²) in [5.74, 6) is 0.689. The van der Waals surface area contributed by atoms with Crippen molar-refractivity contribution in [2.45, 2.75) is 31.3 Å². The summed E-state index contributed by atoms with van der Waals surface area (Å²) in [7, 11) is -2.13. The quantitative estimate of drug-likeness (QED) is 0.667. The number of rotatable bonds is 7. The fraction of sp³-hybridized carbons (Fsp3) is 0.278. The highest BCUT2D eigenvalue weighted by molar-refractivity contribution is 7.89. The van der Waals surface area contributed by atoms with E-state index in [-0.39, 0.29) is 17.5 Å². The number of hydrogen-bond donors (Lipinski definition) is 1. The van der Waals surface area contributed by atoms with Crippen LogP contribution in [0.25, 0.3) is 10.6 Å². The first-order valence-corrected chi connectivity index (χ1v) is 10.5. The molecule has 6 nitrogen and oxygen atoms in total. The first kappa shape index (κ1) is 18.6. The van der Waals surface area contributed by atoms with E-state index in [1.807, 2.05) is 49.6 Å². The first-order valence-electron chi connectivity index (χ1n) is 8.16. The molecule has 3 aromatic rings. The Kier molecular flexibility index (Phi) is 5.45. The minimum Gasteiger partial charge on any atom is -0.497 e. The Morgan fingerprint density at radius 2 is 2.08 bits per heavy atom. The molecule has 1 N–H and O–H groups in total. The zero-order valence-electron chi connectivity index (χ0n) is 14.8. The van der Waals surface area contributed by atoms with Gasteiger partial charge >= 0.3 is 0 Å². The second-order valence-corrected chi connectivity index (χ2v) is 8.75. The third-order valence-corrected chi connectivity index (χ3v) is 6.15. The Morgan fingerprint density at radius 1 is 1.27 bits per heavy atom. The van der Waals surface area contributed by atoms with Gasteiger partial charge in [-0.05, 0) is 43.0 Å². The number of nitrogens with one attached hydrogen (secondary N) is 1. The molecule has 2 aromatic heterocycles. The van der Waals surface area contributed by atoms with Crippen LogP contribution in [0.3, 0.4) is 0 Å². The summed E-state index contributed by atoms with van der Waals surface area (Å²) < 4.78 is 35.4. The fourth-order valence-electron chi connectivity index (χ4n) is 2.46. The van der Waals surface area contributed by atoms with Crippen molar-refractivity contribution in [3.05, 3.63) is 53.5 Å². The maximum Gasteiger partial charge on any atom is 0.244 e. The zero-order chi connectivity index (χ0) is 18.7. The molecule has 26 heavy (non-hydrogen) atoms. The van der Waals surface area contributed by atoms with E-state index in [4.69, 9.17) is 4.74 Å². The summed E-state index contributed by atoms with van der Waals surface area (Å²) in [4.78, 5) is 1.02. The van der Waals surface area contributed by atoms with Crippen LogP contribution in [0, 0.1) is 0 Å². The molecule has 0 aliphatic rings. The molecular weight excluding hydrogens is 370 g/mol. The van der Waals surface area contributed by atoms with E-state index in [9.17, 15) is 8.42 Å². The van der Waals surface area contributed by atoms with E-state index in [1.165, 1.54) is 11.3 Å².